The van der Waals surface area contributed by atoms with Crippen molar-refractivity contribution >= 4 is 39.7 Å². The smallest absolute Gasteiger partial charge is 0.230 e. The number of amides is 1. The molecule has 2 aromatic carbocycles. The fraction of sp³-hybridized carbons (Fsp3) is 0.273. The molecule has 28 heavy (non-hydrogen) atoms. The molecule has 0 aliphatic carbocycles. The molecule has 6 heteroatoms. The van der Waals surface area contributed by atoms with Gasteiger partial charge < -0.3 is 5.32 Å². The van der Waals surface area contributed by atoms with Crippen molar-refractivity contribution in [2.45, 2.75) is 39.8 Å². The summed E-state index contributed by atoms with van der Waals surface area (Å²) in [7, 11) is 0. The summed E-state index contributed by atoms with van der Waals surface area (Å²) in [6.45, 7) is 6.53. The normalized spacial score (nSPS) is 12.0. The van der Waals surface area contributed by atoms with Crippen molar-refractivity contribution in [3.05, 3.63) is 75.8 Å². The SMILES string of the molecule is CCc1ccccc1N(C(C)=O)c1nc(C[NH2+][C@@H](C)c2ccccc2Cl)cs1. The van der Waals surface area contributed by atoms with Crippen LogP contribution in [0.5, 0.6) is 0 Å². The van der Waals surface area contributed by atoms with Gasteiger partial charge in [0.1, 0.15) is 18.3 Å². The quantitative estimate of drug-likeness (QED) is 0.599. The van der Waals surface area contributed by atoms with Crippen LogP contribution in [0.25, 0.3) is 0 Å². The van der Waals surface area contributed by atoms with Gasteiger partial charge in [-0.1, -0.05) is 54.9 Å². The van der Waals surface area contributed by atoms with Crippen molar-refractivity contribution in [2.24, 2.45) is 0 Å². The highest BCUT2D eigenvalue weighted by molar-refractivity contribution is 7.14. The maximum Gasteiger partial charge on any atom is 0.230 e. The number of halogens is 1. The summed E-state index contributed by atoms with van der Waals surface area (Å²) in [5.74, 6) is -0.0322. The summed E-state index contributed by atoms with van der Waals surface area (Å²) in [5.41, 5.74) is 4.11. The zero-order chi connectivity index (χ0) is 20.1. The molecule has 1 aromatic heterocycles. The first kappa shape index (κ1) is 20.5. The monoisotopic (exact) mass is 414 g/mol. The van der Waals surface area contributed by atoms with Crippen molar-refractivity contribution < 1.29 is 10.1 Å². The Labute approximate surface area is 175 Å². The number of anilines is 2. The van der Waals surface area contributed by atoms with Gasteiger partial charge >= 0.3 is 0 Å². The zero-order valence-corrected chi connectivity index (χ0v) is 17.9. The first-order valence-electron chi connectivity index (χ1n) is 9.42. The molecule has 4 nitrogen and oxygen atoms in total. The van der Waals surface area contributed by atoms with Gasteiger partial charge in [-0.25, -0.2) is 4.98 Å². The van der Waals surface area contributed by atoms with E-state index >= 15 is 0 Å². The van der Waals surface area contributed by atoms with Crippen molar-refractivity contribution in [3.8, 4) is 0 Å². The van der Waals surface area contributed by atoms with Crippen molar-refractivity contribution in [1.82, 2.24) is 4.98 Å². The fourth-order valence-corrected chi connectivity index (χ4v) is 4.40. The molecule has 1 amide bonds. The van der Waals surface area contributed by atoms with Crippen LogP contribution in [-0.2, 0) is 17.8 Å². The van der Waals surface area contributed by atoms with Gasteiger partial charge in [-0.15, -0.1) is 11.3 Å². The Bertz CT molecular complexity index is 956. The highest BCUT2D eigenvalue weighted by Gasteiger charge is 2.21. The minimum absolute atomic E-state index is 0.0322. The number of benzene rings is 2. The molecule has 0 saturated carbocycles. The van der Waals surface area contributed by atoms with Gasteiger partial charge in [0, 0.05) is 22.9 Å². The van der Waals surface area contributed by atoms with Crippen LogP contribution in [0.1, 0.15) is 43.6 Å². The summed E-state index contributed by atoms with van der Waals surface area (Å²) >= 11 is 7.80. The standard InChI is InChI=1S/C22H24ClN3OS/c1-4-17-9-5-8-12-21(17)26(16(3)27)22-25-18(14-28-22)13-24-15(2)19-10-6-7-11-20(19)23/h5-12,14-15,24H,4,13H2,1-3H3/p+1/t15-/m0/s1. The second kappa shape index (κ2) is 9.32. The van der Waals surface area contributed by atoms with Crippen LogP contribution in [0.2, 0.25) is 5.02 Å². The third kappa shape index (κ3) is 4.61. The van der Waals surface area contributed by atoms with E-state index in [1.165, 1.54) is 11.3 Å². The molecule has 1 atom stereocenters. The molecule has 3 rings (SSSR count). The summed E-state index contributed by atoms with van der Waals surface area (Å²) in [6, 6.07) is 16.1. The second-order valence-corrected chi connectivity index (χ2v) is 7.95. The van der Waals surface area contributed by atoms with Crippen LogP contribution in [0, 0.1) is 0 Å². The molecule has 0 spiro atoms. The van der Waals surface area contributed by atoms with Crippen molar-refractivity contribution in [3.63, 3.8) is 0 Å². The van der Waals surface area contributed by atoms with E-state index in [4.69, 9.17) is 16.6 Å². The Hall–Kier alpha value is -2.21. The van der Waals surface area contributed by atoms with Crippen molar-refractivity contribution in [1.29, 1.82) is 0 Å². The lowest BCUT2D eigenvalue weighted by molar-refractivity contribution is -0.708. The number of hydrogen-bond donors (Lipinski definition) is 1. The highest BCUT2D eigenvalue weighted by Crippen LogP contribution is 2.31. The van der Waals surface area contributed by atoms with Gasteiger partial charge in [-0.3, -0.25) is 9.69 Å². The van der Waals surface area contributed by atoms with Gasteiger partial charge in [0.15, 0.2) is 5.13 Å². The van der Waals surface area contributed by atoms with Crippen molar-refractivity contribution in [2.75, 3.05) is 4.90 Å². The number of para-hydroxylation sites is 1. The molecule has 0 aliphatic rings. The Kier molecular flexibility index (Phi) is 6.83. The average molecular weight is 415 g/mol. The Balaban J connectivity index is 1.76. The van der Waals surface area contributed by atoms with E-state index in [2.05, 4.69) is 31.3 Å². The molecule has 0 fully saturated rings. The lowest BCUT2D eigenvalue weighted by Crippen LogP contribution is -2.83. The molecule has 2 N–H and O–H groups in total. The van der Waals surface area contributed by atoms with E-state index in [0.29, 0.717) is 5.13 Å². The number of carbonyl (C=O) groups is 1. The fourth-order valence-electron chi connectivity index (χ4n) is 3.20. The highest BCUT2D eigenvalue weighted by atomic mass is 35.5. The van der Waals surface area contributed by atoms with Crippen LogP contribution in [0.15, 0.2) is 53.9 Å². The number of hydrogen-bond acceptors (Lipinski definition) is 3. The lowest BCUT2D eigenvalue weighted by atomic mass is 10.1. The van der Waals surface area contributed by atoms with E-state index in [-0.39, 0.29) is 11.9 Å². The molecule has 0 aliphatic heterocycles. The Morgan fingerprint density at radius 1 is 1.21 bits per heavy atom. The molecule has 1 heterocycles. The number of rotatable bonds is 7. The number of aromatic nitrogens is 1. The van der Waals surface area contributed by atoms with Gasteiger partial charge in [-0.05, 0) is 31.0 Å². The predicted molar refractivity (Wildman–Crippen MR) is 116 cm³/mol. The Morgan fingerprint density at radius 3 is 2.64 bits per heavy atom. The van der Waals surface area contributed by atoms with Crippen LogP contribution in [0.3, 0.4) is 0 Å². The third-order valence-corrected chi connectivity index (χ3v) is 5.95. The van der Waals surface area contributed by atoms with Gasteiger partial charge in [0.2, 0.25) is 5.91 Å². The van der Waals surface area contributed by atoms with E-state index in [1.54, 1.807) is 11.8 Å². The van der Waals surface area contributed by atoms with E-state index in [1.807, 2.05) is 41.8 Å². The number of carbonyl (C=O) groups excluding carboxylic acids is 1. The summed E-state index contributed by atoms with van der Waals surface area (Å²) < 4.78 is 0. The first-order chi connectivity index (χ1) is 13.5. The maximum atomic E-state index is 12.4. The topological polar surface area (TPSA) is 49.8 Å². The summed E-state index contributed by atoms with van der Waals surface area (Å²) in [5, 5.41) is 5.72. The molecule has 3 aromatic rings. The minimum atomic E-state index is -0.0322. The minimum Gasteiger partial charge on any atom is -0.335 e. The van der Waals surface area contributed by atoms with E-state index < -0.39 is 0 Å². The number of quaternary nitrogens is 1. The molecule has 146 valence electrons. The number of aryl methyl sites for hydroxylation is 1. The van der Waals surface area contributed by atoms with Gasteiger partial charge in [-0.2, -0.15) is 0 Å². The Morgan fingerprint density at radius 2 is 1.93 bits per heavy atom. The average Bonchev–Trinajstić information content (AvgIpc) is 3.15. The lowest BCUT2D eigenvalue weighted by Gasteiger charge is -2.21. The molecular weight excluding hydrogens is 390 g/mol. The first-order valence-corrected chi connectivity index (χ1v) is 10.7. The molecule has 0 saturated heterocycles. The van der Waals surface area contributed by atoms with Gasteiger partial charge in [0.05, 0.1) is 5.69 Å². The van der Waals surface area contributed by atoms with Crippen LogP contribution in [-0.4, -0.2) is 10.9 Å². The molecule has 0 radical (unpaired) electrons. The van der Waals surface area contributed by atoms with Crippen LogP contribution in [0.4, 0.5) is 10.8 Å². The second-order valence-electron chi connectivity index (χ2n) is 6.71. The number of nitrogens with two attached hydrogens (primary N) is 1. The molecular formula is C22H25ClN3OS+. The molecule has 0 unspecified atom stereocenters. The number of thiazole rings is 1. The third-order valence-electron chi connectivity index (χ3n) is 4.74. The summed E-state index contributed by atoms with van der Waals surface area (Å²) in [6.07, 6.45) is 0.862. The number of nitrogens with zero attached hydrogens (tertiary/aromatic N) is 2. The van der Waals surface area contributed by atoms with E-state index in [0.717, 1.165) is 40.5 Å². The maximum absolute atomic E-state index is 12.4. The van der Waals surface area contributed by atoms with E-state index in [9.17, 15) is 4.79 Å². The van der Waals surface area contributed by atoms with Gasteiger partial charge in [0.25, 0.3) is 0 Å². The predicted octanol–water partition coefficient (Wildman–Crippen LogP) is 4.87. The zero-order valence-electron chi connectivity index (χ0n) is 16.4. The summed E-state index contributed by atoms with van der Waals surface area (Å²) in [4.78, 5) is 18.8. The molecule has 0 bridgehead atoms. The van der Waals surface area contributed by atoms with Crippen LogP contribution >= 0.6 is 22.9 Å². The largest absolute Gasteiger partial charge is 0.335 e. The van der Waals surface area contributed by atoms with Crippen LogP contribution < -0.4 is 10.2 Å².